The molecule has 1 heterocycles. The molecule has 6 heteroatoms. The molecule has 4 nitrogen and oxygen atoms in total. The molecule has 0 saturated heterocycles. The van der Waals surface area contributed by atoms with Crippen LogP contribution in [0.15, 0.2) is 49.8 Å². The highest BCUT2D eigenvalue weighted by Gasteiger charge is 2.21. The summed E-state index contributed by atoms with van der Waals surface area (Å²) < 4.78 is 7.07. The number of para-hydroxylation sites is 1. The Balaban J connectivity index is 1.90. The van der Waals surface area contributed by atoms with Crippen LogP contribution in [0.2, 0.25) is 0 Å². The lowest BCUT2D eigenvalue weighted by atomic mass is 10.0. The summed E-state index contributed by atoms with van der Waals surface area (Å²) in [5.41, 5.74) is 2.73. The van der Waals surface area contributed by atoms with Crippen molar-refractivity contribution in [3.63, 3.8) is 0 Å². The molecule has 4 rings (SSSR count). The van der Waals surface area contributed by atoms with E-state index in [-0.39, 0.29) is 11.5 Å². The van der Waals surface area contributed by atoms with Gasteiger partial charge in [0.1, 0.15) is 16.7 Å². The lowest BCUT2D eigenvalue weighted by molar-refractivity contribution is -0.113. The molecule has 25 heavy (non-hydrogen) atoms. The average Bonchev–Trinajstić information content (AvgIpc) is 2.98. The van der Waals surface area contributed by atoms with Gasteiger partial charge in [-0.1, -0.05) is 24.3 Å². The molecular formula is C19H13Br2NO3. The maximum atomic E-state index is 12.4. The van der Waals surface area contributed by atoms with E-state index in [1.165, 1.54) is 0 Å². The summed E-state index contributed by atoms with van der Waals surface area (Å²) >= 11 is 6.74. The van der Waals surface area contributed by atoms with Gasteiger partial charge in [-0.2, -0.15) is 0 Å². The molecule has 0 atom stereocenters. The van der Waals surface area contributed by atoms with Crippen molar-refractivity contribution in [1.29, 1.82) is 0 Å². The summed E-state index contributed by atoms with van der Waals surface area (Å²) in [4.78, 5) is 12.4. The van der Waals surface area contributed by atoms with Crippen molar-refractivity contribution in [2.75, 3.05) is 11.9 Å². The summed E-state index contributed by atoms with van der Waals surface area (Å²) in [6, 6.07) is 11.4. The third-order valence-corrected chi connectivity index (χ3v) is 5.61. The van der Waals surface area contributed by atoms with Crippen LogP contribution in [0.5, 0.6) is 5.75 Å². The van der Waals surface area contributed by atoms with Gasteiger partial charge < -0.3 is 14.8 Å². The van der Waals surface area contributed by atoms with E-state index in [0.29, 0.717) is 38.5 Å². The summed E-state index contributed by atoms with van der Waals surface area (Å²) in [5, 5.41) is 15.0. The van der Waals surface area contributed by atoms with Crippen LogP contribution in [0.25, 0.3) is 22.6 Å². The van der Waals surface area contributed by atoms with Gasteiger partial charge in [-0.25, -0.2) is 0 Å². The zero-order valence-electron chi connectivity index (χ0n) is 13.0. The number of ketones is 1. The SMILES string of the molecule is O=C1CC=c2c(oc3cc(Br)c(O)c(Br)c23)=C1CNc1ccccc1. The largest absolute Gasteiger partial charge is 0.506 e. The zero-order valence-corrected chi connectivity index (χ0v) is 16.1. The third-order valence-electron chi connectivity index (χ3n) is 4.23. The van der Waals surface area contributed by atoms with Crippen molar-refractivity contribution in [1.82, 2.24) is 0 Å². The summed E-state index contributed by atoms with van der Waals surface area (Å²) in [6.07, 6.45) is 2.17. The van der Waals surface area contributed by atoms with E-state index in [0.717, 1.165) is 16.3 Å². The van der Waals surface area contributed by atoms with E-state index in [1.807, 2.05) is 36.4 Å². The van der Waals surface area contributed by atoms with E-state index in [9.17, 15) is 9.90 Å². The Kier molecular flexibility index (Phi) is 4.17. The second-order valence-corrected chi connectivity index (χ2v) is 7.42. The van der Waals surface area contributed by atoms with Gasteiger partial charge in [0.25, 0.3) is 0 Å². The molecule has 0 saturated carbocycles. The van der Waals surface area contributed by atoms with Crippen LogP contribution in [0, 0.1) is 0 Å². The zero-order chi connectivity index (χ0) is 17.6. The van der Waals surface area contributed by atoms with Crippen LogP contribution in [-0.2, 0) is 4.79 Å². The van der Waals surface area contributed by atoms with Crippen molar-refractivity contribution >= 4 is 65.9 Å². The van der Waals surface area contributed by atoms with Crippen molar-refractivity contribution < 1.29 is 14.3 Å². The number of anilines is 1. The lowest BCUT2D eigenvalue weighted by Crippen LogP contribution is -2.33. The van der Waals surface area contributed by atoms with Crippen molar-refractivity contribution in [2.45, 2.75) is 6.42 Å². The Bertz CT molecular complexity index is 1120. The number of aromatic hydroxyl groups is 1. The number of benzene rings is 2. The smallest absolute Gasteiger partial charge is 0.168 e. The lowest BCUT2D eigenvalue weighted by Gasteiger charge is -2.10. The molecule has 3 aromatic rings. The molecule has 0 unspecified atom stereocenters. The maximum absolute atomic E-state index is 12.4. The maximum Gasteiger partial charge on any atom is 0.168 e. The number of carbonyl (C=O) groups is 1. The normalized spacial score (nSPS) is 13.7. The highest BCUT2D eigenvalue weighted by Crippen LogP contribution is 2.37. The van der Waals surface area contributed by atoms with E-state index in [4.69, 9.17) is 4.42 Å². The molecule has 126 valence electrons. The van der Waals surface area contributed by atoms with Crippen LogP contribution < -0.4 is 16.0 Å². The van der Waals surface area contributed by atoms with Crippen molar-refractivity contribution in [3.05, 3.63) is 56.0 Å². The molecule has 2 aromatic carbocycles. The quantitative estimate of drug-likeness (QED) is 0.623. The summed E-state index contributed by atoms with van der Waals surface area (Å²) in [6.45, 7) is 0.383. The molecule has 0 aliphatic heterocycles. The van der Waals surface area contributed by atoms with Crippen molar-refractivity contribution in [3.8, 4) is 5.75 Å². The van der Waals surface area contributed by atoms with Gasteiger partial charge in [-0.05, 0) is 50.1 Å². The number of phenols is 1. The van der Waals surface area contributed by atoms with Crippen LogP contribution in [0.1, 0.15) is 6.42 Å². The first-order chi connectivity index (χ1) is 12.1. The molecule has 1 aromatic heterocycles. The first-order valence-electron chi connectivity index (χ1n) is 7.71. The van der Waals surface area contributed by atoms with E-state index >= 15 is 0 Å². The number of fused-ring (bicyclic) bond motifs is 3. The minimum atomic E-state index is 0.0365. The number of Topliss-reactive ketones (excluding diaryl/α,β-unsaturated/α-hetero) is 1. The summed E-state index contributed by atoms with van der Waals surface area (Å²) in [5.74, 6) is 0.153. The molecule has 0 radical (unpaired) electrons. The molecule has 0 bridgehead atoms. The second-order valence-electron chi connectivity index (χ2n) is 5.77. The van der Waals surface area contributed by atoms with Gasteiger partial charge in [0, 0.05) is 29.3 Å². The minimum Gasteiger partial charge on any atom is -0.506 e. The van der Waals surface area contributed by atoms with E-state index < -0.39 is 0 Å². The van der Waals surface area contributed by atoms with Crippen LogP contribution in [0.4, 0.5) is 5.69 Å². The third kappa shape index (κ3) is 2.79. The number of phenolic OH excluding ortho intramolecular Hbond substituents is 1. The molecule has 0 amide bonds. The number of hydrogen-bond acceptors (Lipinski definition) is 4. The fraction of sp³-hybridized carbons (Fsp3) is 0.105. The summed E-state index contributed by atoms with van der Waals surface area (Å²) in [7, 11) is 0. The highest BCUT2D eigenvalue weighted by atomic mass is 79.9. The minimum absolute atomic E-state index is 0.0365. The number of halogens is 2. The number of carbonyl (C=O) groups excluding carboxylic acids is 1. The Morgan fingerprint density at radius 3 is 2.72 bits per heavy atom. The molecule has 2 N–H and O–H groups in total. The number of hydrogen-bond donors (Lipinski definition) is 2. The number of nitrogens with one attached hydrogen (secondary N) is 1. The average molecular weight is 463 g/mol. The van der Waals surface area contributed by atoms with Gasteiger partial charge in [-0.15, -0.1) is 0 Å². The van der Waals surface area contributed by atoms with Gasteiger partial charge in [0.2, 0.25) is 0 Å². The first-order valence-corrected chi connectivity index (χ1v) is 9.30. The Morgan fingerprint density at radius 1 is 1.20 bits per heavy atom. The Hall–Kier alpha value is -2.05. The molecule has 1 aliphatic rings. The Morgan fingerprint density at radius 2 is 1.96 bits per heavy atom. The van der Waals surface area contributed by atoms with Gasteiger partial charge in [0.15, 0.2) is 5.78 Å². The van der Waals surface area contributed by atoms with Gasteiger partial charge >= 0.3 is 0 Å². The molecule has 1 aliphatic carbocycles. The topological polar surface area (TPSA) is 62.5 Å². The first kappa shape index (κ1) is 16.4. The van der Waals surface area contributed by atoms with Crippen molar-refractivity contribution in [2.24, 2.45) is 0 Å². The Labute approximate surface area is 160 Å². The highest BCUT2D eigenvalue weighted by molar-refractivity contribution is 9.11. The second kappa shape index (κ2) is 6.35. The predicted octanol–water partition coefficient (Wildman–Crippen LogP) is 3.68. The molecular weight excluding hydrogens is 450 g/mol. The van der Waals surface area contributed by atoms with Crippen LogP contribution in [0.3, 0.4) is 0 Å². The van der Waals surface area contributed by atoms with Gasteiger partial charge in [-0.3, -0.25) is 4.79 Å². The standard InChI is InChI=1S/C19H13Br2NO3/c20-13-8-15-16(17(21)18(13)24)11-6-7-14(23)12(19(11)25-15)9-22-10-4-2-1-3-5-10/h1-6,8,22,24H,7,9H2. The molecule has 0 fully saturated rings. The monoisotopic (exact) mass is 461 g/mol. The predicted molar refractivity (Wildman–Crippen MR) is 105 cm³/mol. The number of furan rings is 1. The fourth-order valence-electron chi connectivity index (χ4n) is 2.99. The van der Waals surface area contributed by atoms with E-state index in [2.05, 4.69) is 37.2 Å². The van der Waals surface area contributed by atoms with E-state index in [1.54, 1.807) is 6.07 Å². The number of rotatable bonds is 3. The van der Waals surface area contributed by atoms with Gasteiger partial charge in [0.05, 0.1) is 14.5 Å². The van der Waals surface area contributed by atoms with Crippen LogP contribution in [-0.4, -0.2) is 17.4 Å². The molecule has 0 spiro atoms. The fourth-order valence-corrected chi connectivity index (χ4v) is 4.28. The van der Waals surface area contributed by atoms with Crippen LogP contribution >= 0.6 is 31.9 Å².